The predicted octanol–water partition coefficient (Wildman–Crippen LogP) is 8.14. The van der Waals surface area contributed by atoms with E-state index >= 15 is 4.39 Å². The number of allylic oxidation sites excluding steroid dienone is 4. The van der Waals surface area contributed by atoms with Gasteiger partial charge in [-0.2, -0.15) is 31.6 Å². The molecule has 1 saturated heterocycles. The summed E-state index contributed by atoms with van der Waals surface area (Å²) in [6.45, 7) is 6.20. The molecule has 2 aliphatic rings. The maximum Gasteiger partial charge on any atom is 0.416 e. The summed E-state index contributed by atoms with van der Waals surface area (Å²) in [5, 5.41) is 9.48. The van der Waals surface area contributed by atoms with Crippen LogP contribution in [0, 0.1) is 17.2 Å². The number of hydrogen-bond acceptors (Lipinski definition) is 5. The van der Waals surface area contributed by atoms with Gasteiger partial charge in [-0.25, -0.2) is 14.2 Å². The zero-order valence-corrected chi connectivity index (χ0v) is 23.8. The first-order valence-electron chi connectivity index (χ1n) is 13.2. The molecule has 13 heteroatoms. The first kappa shape index (κ1) is 31.8. The molecule has 1 aromatic carbocycles. The SMILES string of the molecule is COC1=C(c2ccc(C#N)nc2CN2C(=O)O[C@H](c3cc(C(F)(F)F)cc(C(F)(F)F)c3)[C@@H]2C)C=C(C(C)C)C(C)(F)C1. The number of hydrogen-bond donors (Lipinski definition) is 0. The van der Waals surface area contributed by atoms with E-state index in [-0.39, 0.29) is 36.3 Å². The van der Waals surface area contributed by atoms with Gasteiger partial charge in [0.2, 0.25) is 0 Å². The number of methoxy groups -OCH3 is 1. The molecule has 6 nitrogen and oxygen atoms in total. The van der Waals surface area contributed by atoms with Crippen LogP contribution in [0.4, 0.5) is 35.5 Å². The van der Waals surface area contributed by atoms with Gasteiger partial charge in [0, 0.05) is 17.6 Å². The highest BCUT2D eigenvalue weighted by atomic mass is 19.4. The number of benzene rings is 1. The van der Waals surface area contributed by atoms with E-state index in [2.05, 4.69) is 4.98 Å². The number of alkyl halides is 7. The maximum atomic E-state index is 15.5. The summed E-state index contributed by atoms with van der Waals surface area (Å²) >= 11 is 0. The number of amides is 1. The molecule has 0 radical (unpaired) electrons. The third-order valence-electron chi connectivity index (χ3n) is 7.59. The minimum Gasteiger partial charge on any atom is -0.500 e. The minimum atomic E-state index is -5.08. The second-order valence-corrected chi connectivity index (χ2v) is 11.0. The number of halogens is 7. The summed E-state index contributed by atoms with van der Waals surface area (Å²) in [7, 11) is 1.38. The lowest BCUT2D eigenvalue weighted by molar-refractivity contribution is -0.143. The monoisotopic (exact) mass is 611 g/mol. The Hall–Kier alpha value is -4.08. The van der Waals surface area contributed by atoms with Crippen molar-refractivity contribution in [2.45, 2.75) is 70.8 Å². The van der Waals surface area contributed by atoms with Crippen LogP contribution < -0.4 is 0 Å². The number of cyclic esters (lactones) is 1. The smallest absolute Gasteiger partial charge is 0.416 e. The number of aromatic nitrogens is 1. The average Bonchev–Trinajstić information content (AvgIpc) is 3.19. The second-order valence-electron chi connectivity index (χ2n) is 11.0. The molecular weight excluding hydrogens is 583 g/mol. The molecule has 1 amide bonds. The summed E-state index contributed by atoms with van der Waals surface area (Å²) in [6.07, 6.45) is -11.1. The summed E-state index contributed by atoms with van der Waals surface area (Å²) < 4.78 is 107. The minimum absolute atomic E-state index is 0.00108. The van der Waals surface area contributed by atoms with Gasteiger partial charge >= 0.3 is 18.4 Å². The van der Waals surface area contributed by atoms with Gasteiger partial charge in [-0.05, 0) is 67.3 Å². The van der Waals surface area contributed by atoms with E-state index in [9.17, 15) is 36.4 Å². The second kappa shape index (κ2) is 11.2. The summed E-state index contributed by atoms with van der Waals surface area (Å²) in [5.41, 5.74) is -3.72. The Kier molecular flexibility index (Phi) is 8.30. The molecule has 0 spiro atoms. The van der Waals surface area contributed by atoms with Crippen molar-refractivity contribution >= 4 is 11.7 Å². The summed E-state index contributed by atoms with van der Waals surface area (Å²) in [6, 6.07) is 4.92. The Morgan fingerprint density at radius 3 is 2.26 bits per heavy atom. The number of carbonyl (C=O) groups is 1. The third-order valence-corrected chi connectivity index (χ3v) is 7.59. The lowest BCUT2D eigenvalue weighted by Gasteiger charge is -2.33. The molecule has 1 fully saturated rings. The molecule has 0 N–H and O–H groups in total. The fraction of sp³-hybridized carbons (Fsp3) is 0.433. The topological polar surface area (TPSA) is 75.5 Å². The molecule has 4 rings (SSSR count). The molecule has 1 aromatic heterocycles. The first-order chi connectivity index (χ1) is 19.9. The molecule has 1 aliphatic heterocycles. The fourth-order valence-corrected chi connectivity index (χ4v) is 5.46. The van der Waals surface area contributed by atoms with Crippen LogP contribution in [-0.4, -0.2) is 34.8 Å². The normalized spacial score (nSPS) is 22.9. The molecule has 2 aromatic rings. The van der Waals surface area contributed by atoms with Crippen molar-refractivity contribution in [1.29, 1.82) is 5.26 Å². The fourth-order valence-electron chi connectivity index (χ4n) is 5.46. The molecule has 3 atom stereocenters. The van der Waals surface area contributed by atoms with E-state index in [4.69, 9.17) is 9.47 Å². The number of nitriles is 1. The Labute approximate surface area is 243 Å². The van der Waals surface area contributed by atoms with Gasteiger partial charge < -0.3 is 9.47 Å². The van der Waals surface area contributed by atoms with Gasteiger partial charge in [0.25, 0.3) is 0 Å². The molecule has 2 heterocycles. The molecule has 1 aliphatic carbocycles. The largest absolute Gasteiger partial charge is 0.500 e. The predicted molar refractivity (Wildman–Crippen MR) is 141 cm³/mol. The Morgan fingerprint density at radius 1 is 1.14 bits per heavy atom. The Morgan fingerprint density at radius 2 is 1.74 bits per heavy atom. The maximum absolute atomic E-state index is 15.5. The Balaban J connectivity index is 1.77. The van der Waals surface area contributed by atoms with Crippen LogP contribution in [0.15, 0.2) is 47.7 Å². The van der Waals surface area contributed by atoms with Crippen LogP contribution in [0.5, 0.6) is 0 Å². The lowest BCUT2D eigenvalue weighted by Crippen LogP contribution is -2.32. The van der Waals surface area contributed by atoms with Crippen LogP contribution in [-0.2, 0) is 28.4 Å². The number of carbonyl (C=O) groups excluding carboxylic acids is 1. The van der Waals surface area contributed by atoms with Crippen LogP contribution in [0.1, 0.15) is 73.9 Å². The van der Waals surface area contributed by atoms with E-state index in [1.165, 1.54) is 27.0 Å². The van der Waals surface area contributed by atoms with Gasteiger partial charge in [-0.3, -0.25) is 4.90 Å². The van der Waals surface area contributed by atoms with Gasteiger partial charge in [0.15, 0.2) is 0 Å². The zero-order valence-electron chi connectivity index (χ0n) is 23.8. The van der Waals surface area contributed by atoms with Crippen LogP contribution in [0.3, 0.4) is 0 Å². The van der Waals surface area contributed by atoms with Gasteiger partial charge in [0.05, 0.1) is 36.5 Å². The van der Waals surface area contributed by atoms with Gasteiger partial charge in [0.1, 0.15) is 29.3 Å². The zero-order chi connectivity index (χ0) is 32.1. The molecule has 43 heavy (non-hydrogen) atoms. The first-order valence-corrected chi connectivity index (χ1v) is 13.2. The number of rotatable bonds is 6. The molecule has 0 bridgehead atoms. The number of pyridine rings is 1. The highest BCUT2D eigenvalue weighted by molar-refractivity contribution is 5.80. The van der Waals surface area contributed by atoms with E-state index in [1.54, 1.807) is 12.1 Å². The molecule has 1 unspecified atom stereocenters. The van der Waals surface area contributed by atoms with Gasteiger partial charge in [-0.1, -0.05) is 13.8 Å². The van der Waals surface area contributed by atoms with Crippen LogP contribution in [0.2, 0.25) is 0 Å². The molecular formula is C30H28F7N3O3. The quantitative estimate of drug-likeness (QED) is 0.308. The van der Waals surface area contributed by atoms with Gasteiger partial charge in [-0.15, -0.1) is 0 Å². The van der Waals surface area contributed by atoms with E-state index in [0.29, 0.717) is 34.6 Å². The standard InChI is InChI=1S/C30H28F7N3O3/c1-15(2)23-11-22(25(42-5)12-28(23,4)31)21-7-6-20(13-38)39-24(21)14-40-16(3)26(43-27(40)41)17-8-18(29(32,33)34)10-19(9-17)30(35,36)37/h6-11,15-16,26H,12,14H2,1-5H3/t16-,26-,28?/m0/s1. The highest BCUT2D eigenvalue weighted by Gasteiger charge is 2.44. The van der Waals surface area contributed by atoms with Crippen molar-refractivity contribution in [3.05, 3.63) is 81.4 Å². The van der Waals surface area contributed by atoms with E-state index in [0.717, 1.165) is 4.90 Å². The van der Waals surface area contributed by atoms with Crippen LogP contribution >= 0.6 is 0 Å². The highest BCUT2D eigenvalue weighted by Crippen LogP contribution is 2.44. The third kappa shape index (κ3) is 6.33. The van der Waals surface area contributed by atoms with Crippen molar-refractivity contribution < 1.29 is 45.0 Å². The van der Waals surface area contributed by atoms with Crippen LogP contribution in [0.25, 0.3) is 5.57 Å². The van der Waals surface area contributed by atoms with Crippen molar-refractivity contribution in [3.63, 3.8) is 0 Å². The van der Waals surface area contributed by atoms with Crippen molar-refractivity contribution in [1.82, 2.24) is 9.88 Å². The number of ether oxygens (including phenoxy) is 2. The average molecular weight is 612 g/mol. The van der Waals surface area contributed by atoms with Crippen molar-refractivity contribution in [2.75, 3.05) is 7.11 Å². The van der Waals surface area contributed by atoms with Crippen molar-refractivity contribution in [2.24, 2.45) is 5.92 Å². The summed E-state index contributed by atoms with van der Waals surface area (Å²) in [4.78, 5) is 18.4. The molecule has 0 saturated carbocycles. The van der Waals surface area contributed by atoms with E-state index in [1.807, 2.05) is 19.9 Å². The summed E-state index contributed by atoms with van der Waals surface area (Å²) in [5.74, 6) is 0.113. The van der Waals surface area contributed by atoms with E-state index < -0.39 is 53.0 Å². The van der Waals surface area contributed by atoms with Crippen molar-refractivity contribution in [3.8, 4) is 6.07 Å². The Bertz CT molecular complexity index is 1500. The lowest BCUT2D eigenvalue weighted by atomic mass is 9.78. The molecule has 230 valence electrons. The number of nitrogens with zero attached hydrogens (tertiary/aromatic N) is 3.